The number of nitrogens with zero attached hydrogens (tertiary/aromatic N) is 10. The predicted octanol–water partition coefficient (Wildman–Crippen LogP) is 6.61. The van der Waals surface area contributed by atoms with E-state index in [2.05, 4.69) is 85.9 Å². The first kappa shape index (κ1) is 39.2. The molecule has 0 fully saturated rings. The average Bonchev–Trinajstić information content (AvgIpc) is 3.92. The van der Waals surface area contributed by atoms with Gasteiger partial charge in [0.15, 0.2) is 23.3 Å². The third-order valence-corrected chi connectivity index (χ3v) is 10.5. The Bertz CT molecular complexity index is 2880. The minimum atomic E-state index is -0.0638. The van der Waals surface area contributed by atoms with E-state index in [0.717, 1.165) is 81.5 Å². The van der Waals surface area contributed by atoms with E-state index in [1.54, 1.807) is 0 Å². The van der Waals surface area contributed by atoms with Gasteiger partial charge in [0, 0.05) is 70.0 Å². The molecule has 5 heterocycles. The molecule has 0 spiro atoms. The molecule has 2 aliphatic rings. The van der Waals surface area contributed by atoms with Gasteiger partial charge in [0.25, 0.3) is 0 Å². The summed E-state index contributed by atoms with van der Waals surface area (Å²) in [6.45, 7) is 3.03. The van der Waals surface area contributed by atoms with Gasteiger partial charge >= 0.3 is 0 Å². The Hall–Kier alpha value is -6.32. The minimum Gasteiger partial charge on any atom is -0.488 e. The Kier molecular flexibility index (Phi) is 10.5. The van der Waals surface area contributed by atoms with Crippen molar-refractivity contribution in [3.05, 3.63) is 84.9 Å². The summed E-state index contributed by atoms with van der Waals surface area (Å²) in [5.74, 6) is 3.60. The first-order valence-electron chi connectivity index (χ1n) is 20.2. The van der Waals surface area contributed by atoms with Gasteiger partial charge in [-0.15, -0.1) is 0 Å². The highest BCUT2D eigenvalue weighted by Gasteiger charge is 2.24. The zero-order valence-electron chi connectivity index (χ0n) is 35.4. The fraction of sp³-hybridized carbons (Fsp3) is 0.304. The molecule has 0 saturated heterocycles. The zero-order chi connectivity index (χ0) is 41.7. The molecular formula is C46H50N12O2. The van der Waals surface area contributed by atoms with Crippen molar-refractivity contribution in [1.82, 2.24) is 59.5 Å². The lowest BCUT2D eigenvalue weighted by Gasteiger charge is -2.25. The molecule has 0 radical (unpaired) electrons. The Morgan fingerprint density at radius 1 is 0.400 bits per heavy atom. The van der Waals surface area contributed by atoms with Gasteiger partial charge in [-0.05, 0) is 92.8 Å². The van der Waals surface area contributed by atoms with Crippen LogP contribution >= 0.6 is 0 Å². The highest BCUT2D eigenvalue weighted by molar-refractivity contribution is 6.06. The highest BCUT2D eigenvalue weighted by atomic mass is 16.5. The third-order valence-electron chi connectivity index (χ3n) is 10.5. The van der Waals surface area contributed by atoms with Crippen LogP contribution in [0.3, 0.4) is 0 Å². The number of likely N-dealkylation sites (N-methyl/N-ethyl adjacent to an activating group) is 4. The topological polar surface area (TPSA) is 140 Å². The Morgan fingerprint density at radius 3 is 1.23 bits per heavy atom. The van der Waals surface area contributed by atoms with Gasteiger partial charge in [-0.2, -0.15) is 0 Å². The highest BCUT2D eigenvalue weighted by Crippen LogP contribution is 2.39. The molecule has 0 aliphatic carbocycles. The maximum Gasteiger partial charge on any atom is 0.164 e. The molecule has 14 heteroatoms. The van der Waals surface area contributed by atoms with Crippen LogP contribution in [0.25, 0.3) is 89.7 Å². The monoisotopic (exact) mass is 802 g/mol. The molecule has 2 aliphatic heterocycles. The van der Waals surface area contributed by atoms with Crippen LogP contribution < -0.4 is 9.47 Å². The van der Waals surface area contributed by atoms with Gasteiger partial charge in [-0.1, -0.05) is 48.5 Å². The summed E-state index contributed by atoms with van der Waals surface area (Å²) in [5.41, 5.74) is 5.92. The largest absolute Gasteiger partial charge is 0.488 e. The number of rotatable bonds is 12. The molecule has 0 amide bonds. The van der Waals surface area contributed by atoms with Crippen molar-refractivity contribution in [1.29, 1.82) is 0 Å². The van der Waals surface area contributed by atoms with Gasteiger partial charge < -0.3 is 39.0 Å². The summed E-state index contributed by atoms with van der Waals surface area (Å²) >= 11 is 0. The lowest BCUT2D eigenvalue weighted by Crippen LogP contribution is -2.38. The van der Waals surface area contributed by atoms with Crippen molar-refractivity contribution >= 4 is 44.1 Å². The van der Waals surface area contributed by atoms with Gasteiger partial charge in [-0.3, -0.25) is 0 Å². The zero-order valence-corrected chi connectivity index (χ0v) is 35.4. The SMILES string of the molecule is CN(C)CC(CN(C)C)Oc1ccc2c(c1)-c1nc-2nc2[nH]c(nc3nc(nc4[nH]c(n1)c1ccc(OC(CN(C)C)CN(C)C)cc41)-c1ccccc1-3)c1ccccc21. The van der Waals surface area contributed by atoms with Crippen LogP contribution in [0.1, 0.15) is 0 Å². The normalized spacial score (nSPS) is 12.5. The van der Waals surface area contributed by atoms with Crippen molar-refractivity contribution in [3.8, 4) is 57.1 Å². The Morgan fingerprint density at radius 2 is 0.767 bits per heavy atom. The van der Waals surface area contributed by atoms with Crippen molar-refractivity contribution in [2.45, 2.75) is 12.2 Å². The maximum atomic E-state index is 6.66. The molecule has 9 rings (SSSR count). The molecule has 0 saturated carbocycles. The van der Waals surface area contributed by atoms with E-state index in [9.17, 15) is 0 Å². The fourth-order valence-corrected chi connectivity index (χ4v) is 8.08. The van der Waals surface area contributed by atoms with Crippen LogP contribution in [0.4, 0.5) is 0 Å². The standard InChI is InChI=1S/C46H50N12O2/c1-55(2)23-29(24-56(3)4)59-27-17-19-35-37(21-27)46-52-43(35)50-41-32-14-10-9-13-31(32)39(48-41)47-40-33-15-11-12-16-34(33)42(49-40)51-45-38-22-28(18-20-36(38)44(53-45)54-46)60-30(25-57(5)6)26-58(7)8/h9-22,29-30H,23-26H2,1-8H3,(H2,47,48,49,50,51,52,53,54). The minimum absolute atomic E-state index is 0.0618. The number of fused-ring (bicyclic) bond motifs is 20. The van der Waals surface area contributed by atoms with Crippen LogP contribution in [0.2, 0.25) is 0 Å². The molecule has 8 bridgehead atoms. The number of H-pyrrole nitrogens is 2. The number of hydrogen-bond acceptors (Lipinski definition) is 12. The summed E-state index contributed by atoms with van der Waals surface area (Å²) in [7, 11) is 16.5. The van der Waals surface area contributed by atoms with Crippen LogP contribution in [0, 0.1) is 0 Å². The molecule has 3 aromatic heterocycles. The first-order chi connectivity index (χ1) is 28.9. The van der Waals surface area contributed by atoms with E-state index in [1.165, 1.54) is 0 Å². The van der Waals surface area contributed by atoms with E-state index >= 15 is 0 Å². The molecule has 14 nitrogen and oxygen atoms in total. The molecule has 0 atom stereocenters. The summed E-state index contributed by atoms with van der Waals surface area (Å²) < 4.78 is 13.3. The number of hydrogen-bond donors (Lipinski definition) is 2. The van der Waals surface area contributed by atoms with Gasteiger partial charge in [0.1, 0.15) is 46.3 Å². The Labute approximate surface area is 348 Å². The molecule has 4 aromatic carbocycles. The average molecular weight is 803 g/mol. The quantitative estimate of drug-likeness (QED) is 0.137. The summed E-state index contributed by atoms with van der Waals surface area (Å²) in [6, 6.07) is 28.3. The van der Waals surface area contributed by atoms with Crippen molar-refractivity contribution in [2.24, 2.45) is 0 Å². The van der Waals surface area contributed by atoms with E-state index in [0.29, 0.717) is 45.9 Å². The van der Waals surface area contributed by atoms with Crippen molar-refractivity contribution in [2.75, 3.05) is 82.6 Å². The van der Waals surface area contributed by atoms with Crippen LogP contribution in [-0.2, 0) is 0 Å². The van der Waals surface area contributed by atoms with E-state index in [-0.39, 0.29) is 12.2 Å². The molecule has 60 heavy (non-hydrogen) atoms. The number of benzene rings is 4. The van der Waals surface area contributed by atoms with E-state index in [4.69, 9.17) is 39.4 Å². The van der Waals surface area contributed by atoms with Gasteiger partial charge in [0.05, 0.1) is 0 Å². The van der Waals surface area contributed by atoms with Crippen LogP contribution in [0.15, 0.2) is 84.9 Å². The predicted molar refractivity (Wildman–Crippen MR) is 239 cm³/mol. The summed E-state index contributed by atoms with van der Waals surface area (Å²) in [4.78, 5) is 46.6. The number of aromatic amines is 2. The van der Waals surface area contributed by atoms with E-state index < -0.39 is 0 Å². The molecule has 2 N–H and O–H groups in total. The fourth-order valence-electron chi connectivity index (χ4n) is 8.08. The summed E-state index contributed by atoms with van der Waals surface area (Å²) in [6.07, 6.45) is -0.126. The number of ether oxygens (including phenoxy) is 2. The van der Waals surface area contributed by atoms with Gasteiger partial charge in [-0.25, -0.2) is 29.9 Å². The van der Waals surface area contributed by atoms with Crippen molar-refractivity contribution in [3.63, 3.8) is 0 Å². The second kappa shape index (κ2) is 16.0. The number of nitrogens with one attached hydrogen (secondary N) is 2. The lowest BCUT2D eigenvalue weighted by atomic mass is 10.1. The maximum absolute atomic E-state index is 6.66. The third kappa shape index (κ3) is 7.89. The van der Waals surface area contributed by atoms with E-state index in [1.807, 2.05) is 84.9 Å². The Balaban J connectivity index is 1.31. The molecule has 0 unspecified atom stereocenters. The van der Waals surface area contributed by atoms with Crippen molar-refractivity contribution < 1.29 is 9.47 Å². The second-order valence-electron chi connectivity index (χ2n) is 16.6. The molecule has 306 valence electrons. The van der Waals surface area contributed by atoms with Crippen LogP contribution in [-0.4, -0.2) is 154 Å². The molecular weight excluding hydrogens is 753 g/mol. The molecule has 7 aromatic rings. The van der Waals surface area contributed by atoms with Crippen LogP contribution in [0.5, 0.6) is 11.5 Å². The van der Waals surface area contributed by atoms with Gasteiger partial charge in [0.2, 0.25) is 0 Å². The number of aromatic nitrogens is 8. The lowest BCUT2D eigenvalue weighted by molar-refractivity contribution is 0.128. The first-order valence-corrected chi connectivity index (χ1v) is 20.2. The smallest absolute Gasteiger partial charge is 0.164 e. The second-order valence-corrected chi connectivity index (χ2v) is 16.6. The summed E-state index contributed by atoms with van der Waals surface area (Å²) in [5, 5.41) is 3.54.